The minimum absolute atomic E-state index is 0.00709. The third-order valence-electron chi connectivity index (χ3n) is 6.79. The zero-order valence-corrected chi connectivity index (χ0v) is 22.0. The quantitative estimate of drug-likeness (QED) is 0.251. The van der Waals surface area contributed by atoms with Gasteiger partial charge in [-0.3, -0.25) is 0 Å². The van der Waals surface area contributed by atoms with E-state index in [0.717, 1.165) is 11.1 Å². The van der Waals surface area contributed by atoms with Crippen molar-refractivity contribution in [2.45, 2.75) is 12.5 Å². The van der Waals surface area contributed by atoms with Crippen LogP contribution in [0.25, 0.3) is 6.08 Å². The SMILES string of the molecule is COc1cc(/C=C/C(=O)OC[C@H]2[C@@H](Cc3ccc(O)c(OC)c3)CO[C@@H]2c2ccc(O)c(OC)c2)ccc1O. The first kappa shape index (κ1) is 27.7. The average Bonchev–Trinajstić information content (AvgIpc) is 3.34. The molecule has 1 aliphatic heterocycles. The Bertz CT molecular complexity index is 1330. The van der Waals surface area contributed by atoms with Gasteiger partial charge in [0.25, 0.3) is 0 Å². The van der Waals surface area contributed by atoms with Gasteiger partial charge in [-0.25, -0.2) is 4.79 Å². The molecule has 4 rings (SSSR count). The molecular formula is C30H32O9. The smallest absolute Gasteiger partial charge is 0.330 e. The first-order chi connectivity index (χ1) is 18.8. The number of benzene rings is 3. The number of rotatable bonds is 10. The number of aromatic hydroxyl groups is 3. The van der Waals surface area contributed by atoms with Crippen molar-refractivity contribution < 1.29 is 43.8 Å². The number of carbonyl (C=O) groups is 1. The second kappa shape index (κ2) is 12.4. The summed E-state index contributed by atoms with van der Waals surface area (Å²) < 4.78 is 27.5. The van der Waals surface area contributed by atoms with Crippen molar-refractivity contribution in [3.05, 3.63) is 77.4 Å². The fourth-order valence-electron chi connectivity index (χ4n) is 4.71. The Morgan fingerprint density at radius 2 is 1.49 bits per heavy atom. The molecule has 1 aliphatic rings. The van der Waals surface area contributed by atoms with E-state index in [1.54, 1.807) is 48.5 Å². The summed E-state index contributed by atoms with van der Waals surface area (Å²) in [6.45, 7) is 0.512. The maximum atomic E-state index is 12.6. The van der Waals surface area contributed by atoms with Crippen molar-refractivity contribution in [1.82, 2.24) is 0 Å². The van der Waals surface area contributed by atoms with E-state index in [0.29, 0.717) is 35.8 Å². The lowest BCUT2D eigenvalue weighted by Crippen LogP contribution is -2.24. The fraction of sp³-hybridized carbons (Fsp3) is 0.300. The van der Waals surface area contributed by atoms with Crippen molar-refractivity contribution in [3.63, 3.8) is 0 Å². The van der Waals surface area contributed by atoms with E-state index in [1.165, 1.54) is 33.5 Å². The molecule has 3 aromatic rings. The number of phenolic OH excluding ortho intramolecular Hbond substituents is 3. The monoisotopic (exact) mass is 536 g/mol. The Kier molecular flexibility index (Phi) is 8.83. The molecule has 0 spiro atoms. The van der Waals surface area contributed by atoms with Crippen LogP contribution >= 0.6 is 0 Å². The predicted molar refractivity (Wildman–Crippen MR) is 143 cm³/mol. The van der Waals surface area contributed by atoms with E-state index in [1.807, 2.05) is 6.07 Å². The summed E-state index contributed by atoms with van der Waals surface area (Å²) in [5.74, 6) is 0.346. The molecule has 9 nitrogen and oxygen atoms in total. The van der Waals surface area contributed by atoms with Crippen molar-refractivity contribution in [2.75, 3.05) is 34.5 Å². The second-order valence-electron chi connectivity index (χ2n) is 9.21. The van der Waals surface area contributed by atoms with Crippen LogP contribution in [-0.2, 0) is 20.7 Å². The average molecular weight is 537 g/mol. The van der Waals surface area contributed by atoms with Gasteiger partial charge < -0.3 is 39.0 Å². The lowest BCUT2D eigenvalue weighted by Gasteiger charge is -2.23. The highest BCUT2D eigenvalue weighted by atomic mass is 16.5. The van der Waals surface area contributed by atoms with Crippen molar-refractivity contribution in [3.8, 4) is 34.5 Å². The summed E-state index contributed by atoms with van der Waals surface area (Å²) in [7, 11) is 4.42. The minimum atomic E-state index is -0.527. The lowest BCUT2D eigenvalue weighted by molar-refractivity contribution is -0.139. The van der Waals surface area contributed by atoms with Crippen molar-refractivity contribution >= 4 is 12.0 Å². The van der Waals surface area contributed by atoms with Crippen LogP contribution < -0.4 is 14.2 Å². The highest BCUT2D eigenvalue weighted by Gasteiger charge is 2.39. The van der Waals surface area contributed by atoms with Gasteiger partial charge >= 0.3 is 5.97 Å². The van der Waals surface area contributed by atoms with Gasteiger partial charge in [0, 0.05) is 12.0 Å². The van der Waals surface area contributed by atoms with E-state index in [4.69, 9.17) is 23.7 Å². The number of esters is 1. The van der Waals surface area contributed by atoms with Gasteiger partial charge in [-0.05, 0) is 71.5 Å². The maximum absolute atomic E-state index is 12.6. The largest absolute Gasteiger partial charge is 0.504 e. The third kappa shape index (κ3) is 6.56. The molecule has 1 fully saturated rings. The molecule has 39 heavy (non-hydrogen) atoms. The predicted octanol–water partition coefficient (Wildman–Crippen LogP) is 4.63. The third-order valence-corrected chi connectivity index (χ3v) is 6.79. The van der Waals surface area contributed by atoms with Crippen LogP contribution in [0.3, 0.4) is 0 Å². The standard InChI is InChI=1S/C30H32O9/c1-35-26-13-18(4-8-23(26)31)6-11-29(34)38-17-22-21(12-19-5-9-24(32)27(14-19)36-2)16-39-30(22)20-7-10-25(33)28(15-20)37-3/h4-11,13-15,21-22,30-33H,12,16-17H2,1-3H3/b11-6+/t21-,22-,30+/m0/s1. The highest BCUT2D eigenvalue weighted by molar-refractivity contribution is 5.87. The molecule has 206 valence electrons. The molecule has 0 amide bonds. The normalized spacial score (nSPS) is 18.7. The molecule has 3 atom stereocenters. The molecule has 0 saturated carbocycles. The van der Waals surface area contributed by atoms with Crippen LogP contribution in [0.5, 0.6) is 34.5 Å². The number of phenols is 3. The van der Waals surface area contributed by atoms with Gasteiger partial charge in [0.15, 0.2) is 34.5 Å². The number of carbonyl (C=O) groups excluding carboxylic acids is 1. The Balaban J connectivity index is 1.52. The molecule has 0 aliphatic carbocycles. The van der Waals surface area contributed by atoms with Gasteiger partial charge in [0.1, 0.15) is 0 Å². The van der Waals surface area contributed by atoms with E-state index in [-0.39, 0.29) is 35.7 Å². The molecule has 0 bridgehead atoms. The summed E-state index contributed by atoms with van der Waals surface area (Å²) >= 11 is 0. The van der Waals surface area contributed by atoms with E-state index in [9.17, 15) is 20.1 Å². The molecule has 0 aromatic heterocycles. The van der Waals surface area contributed by atoms with Gasteiger partial charge in [-0.2, -0.15) is 0 Å². The van der Waals surface area contributed by atoms with E-state index >= 15 is 0 Å². The Labute approximate surface area is 226 Å². The fourth-order valence-corrected chi connectivity index (χ4v) is 4.71. The summed E-state index contributed by atoms with van der Waals surface area (Å²) in [5.41, 5.74) is 2.40. The lowest BCUT2D eigenvalue weighted by atomic mass is 9.84. The van der Waals surface area contributed by atoms with Crippen molar-refractivity contribution in [2.24, 2.45) is 11.8 Å². The first-order valence-electron chi connectivity index (χ1n) is 12.4. The zero-order chi connectivity index (χ0) is 27.9. The topological polar surface area (TPSA) is 124 Å². The number of hydrogen-bond acceptors (Lipinski definition) is 9. The second-order valence-corrected chi connectivity index (χ2v) is 9.21. The van der Waals surface area contributed by atoms with Crippen molar-refractivity contribution in [1.29, 1.82) is 0 Å². The molecular weight excluding hydrogens is 504 g/mol. The van der Waals surface area contributed by atoms with Crippen LogP contribution in [0.2, 0.25) is 0 Å². The Morgan fingerprint density at radius 3 is 2.18 bits per heavy atom. The van der Waals surface area contributed by atoms with Crippen LogP contribution in [0.4, 0.5) is 0 Å². The summed E-state index contributed by atoms with van der Waals surface area (Å²) in [4.78, 5) is 12.6. The molecule has 1 heterocycles. The van der Waals surface area contributed by atoms with Crippen LogP contribution in [0, 0.1) is 11.8 Å². The summed E-state index contributed by atoms with van der Waals surface area (Å²) in [6.07, 6.45) is 3.10. The first-order valence-corrected chi connectivity index (χ1v) is 12.4. The highest BCUT2D eigenvalue weighted by Crippen LogP contribution is 2.43. The number of ether oxygens (including phenoxy) is 5. The van der Waals surface area contributed by atoms with E-state index < -0.39 is 12.1 Å². The zero-order valence-electron chi connectivity index (χ0n) is 22.0. The van der Waals surface area contributed by atoms with E-state index in [2.05, 4.69) is 0 Å². The summed E-state index contributed by atoms with van der Waals surface area (Å²) in [5, 5.41) is 29.8. The maximum Gasteiger partial charge on any atom is 0.330 e. The number of hydrogen-bond donors (Lipinski definition) is 3. The molecule has 3 N–H and O–H groups in total. The Morgan fingerprint density at radius 1 is 0.872 bits per heavy atom. The van der Waals surface area contributed by atoms with Crippen LogP contribution in [-0.4, -0.2) is 55.8 Å². The number of methoxy groups -OCH3 is 3. The molecule has 9 heteroatoms. The van der Waals surface area contributed by atoms with Gasteiger partial charge in [0.2, 0.25) is 0 Å². The minimum Gasteiger partial charge on any atom is -0.504 e. The summed E-state index contributed by atoms with van der Waals surface area (Å²) in [6, 6.07) is 15.0. The van der Waals surface area contributed by atoms with Crippen LogP contribution in [0.15, 0.2) is 60.7 Å². The van der Waals surface area contributed by atoms with Crippen LogP contribution in [0.1, 0.15) is 22.8 Å². The molecule has 0 radical (unpaired) electrons. The molecule has 0 unspecified atom stereocenters. The van der Waals surface area contributed by atoms with Gasteiger partial charge in [-0.15, -0.1) is 0 Å². The van der Waals surface area contributed by atoms with Gasteiger partial charge in [-0.1, -0.05) is 18.2 Å². The molecule has 1 saturated heterocycles. The van der Waals surface area contributed by atoms with Gasteiger partial charge in [0.05, 0.1) is 40.6 Å². The Hall–Kier alpha value is -4.37. The molecule has 3 aromatic carbocycles.